The maximum Gasteiger partial charge on any atom is 0.261 e. The molecule has 1 aromatic heterocycles. The second kappa shape index (κ2) is 8.55. The third-order valence-corrected chi connectivity index (χ3v) is 7.36. The quantitative estimate of drug-likeness (QED) is 0.794. The van der Waals surface area contributed by atoms with E-state index in [1.54, 1.807) is 12.1 Å². The number of nitrogens with zero attached hydrogens (tertiary/aromatic N) is 4. The zero-order valence-electron chi connectivity index (χ0n) is 17.2. The van der Waals surface area contributed by atoms with Crippen molar-refractivity contribution in [3.05, 3.63) is 38.9 Å². The molecule has 0 amide bonds. The van der Waals surface area contributed by atoms with E-state index in [9.17, 15) is 9.90 Å². The Hall–Kier alpha value is -1.51. The molecule has 4 heterocycles. The molecule has 1 aromatic carbocycles. The van der Waals surface area contributed by atoms with Gasteiger partial charge in [-0.15, -0.1) is 0 Å². The third-order valence-electron chi connectivity index (χ3n) is 7.00. The number of hydrogen-bond donors (Lipinski definition) is 1. The normalized spacial score (nSPS) is 25.3. The lowest BCUT2D eigenvalue weighted by Gasteiger charge is -2.45. The molecule has 8 heteroatoms. The smallest absolute Gasteiger partial charge is 0.261 e. The Morgan fingerprint density at radius 2 is 1.97 bits per heavy atom. The summed E-state index contributed by atoms with van der Waals surface area (Å²) in [5, 5.41) is 10.5. The highest BCUT2D eigenvalue weighted by Crippen LogP contribution is 2.37. The molecule has 30 heavy (non-hydrogen) atoms. The van der Waals surface area contributed by atoms with E-state index < -0.39 is 0 Å². The molecule has 7 nitrogen and oxygen atoms in total. The van der Waals surface area contributed by atoms with Crippen molar-refractivity contribution >= 4 is 22.5 Å². The van der Waals surface area contributed by atoms with Crippen LogP contribution in [0.15, 0.2) is 16.9 Å². The van der Waals surface area contributed by atoms with E-state index in [0.29, 0.717) is 34.1 Å². The van der Waals surface area contributed by atoms with Crippen LogP contribution in [0, 0.1) is 0 Å². The van der Waals surface area contributed by atoms with Crippen molar-refractivity contribution in [2.24, 2.45) is 0 Å². The Kier molecular flexibility index (Phi) is 5.82. The number of morpholine rings is 1. The van der Waals surface area contributed by atoms with Crippen LogP contribution < -0.4 is 5.56 Å². The minimum absolute atomic E-state index is 0.00900. The summed E-state index contributed by atoms with van der Waals surface area (Å²) in [7, 11) is 0. The topological polar surface area (TPSA) is 70.8 Å². The summed E-state index contributed by atoms with van der Waals surface area (Å²) < 4.78 is 7.33. The molecular weight excluding hydrogens is 404 g/mol. The first-order valence-electron chi connectivity index (χ1n) is 11.0. The molecule has 5 rings (SSSR count). The molecule has 0 aliphatic carbocycles. The number of aliphatic hydroxyl groups is 1. The number of ether oxygens (including phenoxy) is 1. The van der Waals surface area contributed by atoms with Gasteiger partial charge in [-0.1, -0.05) is 11.6 Å². The zero-order valence-corrected chi connectivity index (χ0v) is 18.0. The number of hydrogen-bond acceptors (Lipinski definition) is 6. The number of aliphatic hydroxyl groups excluding tert-OH is 1. The maximum atomic E-state index is 13.2. The van der Waals surface area contributed by atoms with Gasteiger partial charge in [0.25, 0.3) is 5.56 Å². The maximum absolute atomic E-state index is 13.2. The number of piperidine rings is 1. The van der Waals surface area contributed by atoms with Crippen molar-refractivity contribution in [2.75, 3.05) is 45.9 Å². The largest absolute Gasteiger partial charge is 0.392 e. The minimum Gasteiger partial charge on any atom is -0.392 e. The van der Waals surface area contributed by atoms with E-state index in [2.05, 4.69) is 9.80 Å². The van der Waals surface area contributed by atoms with Crippen LogP contribution in [0.2, 0.25) is 5.02 Å². The van der Waals surface area contributed by atoms with Gasteiger partial charge in [-0.05, 0) is 43.5 Å². The van der Waals surface area contributed by atoms with Crippen LogP contribution in [0.1, 0.15) is 36.6 Å². The van der Waals surface area contributed by atoms with Crippen LogP contribution in [-0.2, 0) is 17.9 Å². The summed E-state index contributed by atoms with van der Waals surface area (Å²) in [5.74, 6) is 1.19. The molecular formula is C22H29ClN4O3. The fourth-order valence-electron chi connectivity index (χ4n) is 5.37. The second-order valence-electron chi connectivity index (χ2n) is 8.64. The van der Waals surface area contributed by atoms with Gasteiger partial charge < -0.3 is 9.84 Å². The van der Waals surface area contributed by atoms with E-state index in [4.69, 9.17) is 21.3 Å². The number of benzene rings is 1. The molecule has 0 saturated carbocycles. The van der Waals surface area contributed by atoms with Gasteiger partial charge >= 0.3 is 0 Å². The first-order chi connectivity index (χ1) is 14.7. The van der Waals surface area contributed by atoms with E-state index in [1.807, 2.05) is 4.57 Å². The van der Waals surface area contributed by atoms with Crippen LogP contribution in [0.25, 0.3) is 10.9 Å². The number of likely N-dealkylation sites (tertiary alicyclic amines) is 1. The summed E-state index contributed by atoms with van der Waals surface area (Å²) in [4.78, 5) is 23.2. The number of fused-ring (bicyclic) bond motifs is 4. The van der Waals surface area contributed by atoms with Gasteiger partial charge in [-0.3, -0.25) is 19.2 Å². The predicted octanol–water partition coefficient (Wildman–Crippen LogP) is 1.83. The molecule has 162 valence electrons. The fraction of sp³-hybridized carbons (Fsp3) is 0.636. The summed E-state index contributed by atoms with van der Waals surface area (Å²) in [6, 6.07) is 3.86. The standard InChI is InChI=1S/C22H29ClN4O3/c23-18-13-17-19(12-15(18)14-28)24-21-16-2-1-4-26(7-6-25-8-10-30-11-9-25)20(16)3-5-27(21)22(17)29/h12-13,16,20,28H,1-11,14H2/t16-,20+/m0/s1. The van der Waals surface area contributed by atoms with Gasteiger partial charge in [0.05, 0.1) is 30.7 Å². The molecule has 2 saturated heterocycles. The lowest BCUT2D eigenvalue weighted by Crippen LogP contribution is -2.52. The third kappa shape index (κ3) is 3.67. The molecule has 2 aromatic rings. The first-order valence-corrected chi connectivity index (χ1v) is 11.4. The molecule has 2 fully saturated rings. The average Bonchev–Trinajstić information content (AvgIpc) is 2.78. The van der Waals surface area contributed by atoms with Crippen molar-refractivity contribution in [2.45, 2.75) is 44.4 Å². The molecule has 2 atom stereocenters. The molecule has 1 N–H and O–H groups in total. The highest BCUT2D eigenvalue weighted by atomic mass is 35.5. The van der Waals surface area contributed by atoms with Gasteiger partial charge in [0.1, 0.15) is 5.82 Å². The van der Waals surface area contributed by atoms with Crippen LogP contribution in [0.4, 0.5) is 0 Å². The Labute approximate surface area is 181 Å². The lowest BCUT2D eigenvalue weighted by molar-refractivity contribution is 0.0236. The molecule has 0 unspecified atom stereocenters. The van der Waals surface area contributed by atoms with Crippen molar-refractivity contribution in [3.8, 4) is 0 Å². The van der Waals surface area contributed by atoms with E-state index in [1.165, 1.54) is 0 Å². The summed E-state index contributed by atoms with van der Waals surface area (Å²) in [6.07, 6.45) is 3.17. The first kappa shape index (κ1) is 20.4. The van der Waals surface area contributed by atoms with Crippen molar-refractivity contribution in [3.63, 3.8) is 0 Å². The van der Waals surface area contributed by atoms with E-state index in [-0.39, 0.29) is 18.1 Å². The lowest BCUT2D eigenvalue weighted by atomic mass is 9.83. The summed E-state index contributed by atoms with van der Waals surface area (Å²) >= 11 is 6.23. The predicted molar refractivity (Wildman–Crippen MR) is 116 cm³/mol. The number of halogens is 1. The van der Waals surface area contributed by atoms with Gasteiger partial charge in [-0.25, -0.2) is 4.98 Å². The van der Waals surface area contributed by atoms with E-state index in [0.717, 1.165) is 71.0 Å². The van der Waals surface area contributed by atoms with Crippen LogP contribution in [-0.4, -0.2) is 76.4 Å². The Morgan fingerprint density at radius 3 is 2.77 bits per heavy atom. The molecule has 0 spiro atoms. The number of rotatable bonds is 4. The van der Waals surface area contributed by atoms with Gasteiger partial charge in [-0.2, -0.15) is 0 Å². The second-order valence-corrected chi connectivity index (χ2v) is 9.05. The van der Waals surface area contributed by atoms with E-state index >= 15 is 0 Å². The molecule has 3 aliphatic rings. The molecule has 3 aliphatic heterocycles. The monoisotopic (exact) mass is 432 g/mol. The van der Waals surface area contributed by atoms with Crippen molar-refractivity contribution in [1.82, 2.24) is 19.4 Å². The molecule has 0 radical (unpaired) electrons. The zero-order chi connectivity index (χ0) is 20.7. The highest BCUT2D eigenvalue weighted by Gasteiger charge is 2.38. The van der Waals surface area contributed by atoms with Gasteiger partial charge in [0.2, 0.25) is 0 Å². The minimum atomic E-state index is -0.157. The van der Waals surface area contributed by atoms with Crippen molar-refractivity contribution in [1.29, 1.82) is 0 Å². The van der Waals surface area contributed by atoms with Crippen LogP contribution in [0.5, 0.6) is 0 Å². The van der Waals surface area contributed by atoms with Gasteiger partial charge in [0.15, 0.2) is 0 Å². The average molecular weight is 433 g/mol. The summed E-state index contributed by atoms with van der Waals surface area (Å²) in [6.45, 7) is 7.49. The van der Waals surface area contributed by atoms with Crippen LogP contribution >= 0.6 is 11.6 Å². The Bertz CT molecular complexity index is 988. The van der Waals surface area contributed by atoms with Crippen molar-refractivity contribution < 1.29 is 9.84 Å². The Morgan fingerprint density at radius 1 is 1.13 bits per heavy atom. The van der Waals surface area contributed by atoms with Crippen LogP contribution in [0.3, 0.4) is 0 Å². The Balaban J connectivity index is 1.43. The summed E-state index contributed by atoms with van der Waals surface area (Å²) in [5.41, 5.74) is 1.25. The van der Waals surface area contributed by atoms with Gasteiger partial charge in [0, 0.05) is 49.7 Å². The fourth-order valence-corrected chi connectivity index (χ4v) is 5.59. The SMILES string of the molecule is O=c1c2cc(Cl)c(CO)cc2nc2n1CC[C@@H]1[C@@H]2CCCN1CCN1CCOCC1. The molecule has 0 bridgehead atoms. The highest BCUT2D eigenvalue weighted by molar-refractivity contribution is 6.32. The number of aromatic nitrogens is 2.